The summed E-state index contributed by atoms with van der Waals surface area (Å²) in [4.78, 5) is 29.8. The smallest absolute Gasteiger partial charge is 0.267 e. The minimum Gasteiger partial charge on any atom is -0.376 e. The van der Waals surface area contributed by atoms with Crippen LogP contribution in [-0.2, 0) is 11.8 Å². The zero-order chi connectivity index (χ0) is 18.3. The Morgan fingerprint density at radius 2 is 2.31 bits per heavy atom. The van der Waals surface area contributed by atoms with E-state index in [4.69, 9.17) is 10.1 Å². The highest BCUT2D eigenvalue weighted by molar-refractivity contribution is 5.96. The fourth-order valence-corrected chi connectivity index (χ4v) is 3.25. The van der Waals surface area contributed by atoms with Crippen molar-refractivity contribution in [3.63, 3.8) is 0 Å². The lowest BCUT2D eigenvalue weighted by Gasteiger charge is -2.13. The van der Waals surface area contributed by atoms with Gasteiger partial charge in [0.1, 0.15) is 16.8 Å². The second kappa shape index (κ2) is 6.38. The molecule has 0 aromatic carbocycles. The van der Waals surface area contributed by atoms with Crippen LogP contribution in [0, 0.1) is 5.41 Å². The molecular formula is C18H19N5O3. The van der Waals surface area contributed by atoms with Gasteiger partial charge in [0, 0.05) is 26.4 Å². The Morgan fingerprint density at radius 3 is 3.08 bits per heavy atom. The van der Waals surface area contributed by atoms with Gasteiger partial charge in [-0.05, 0) is 31.0 Å². The number of nitrogens with zero attached hydrogens (tertiary/aromatic N) is 3. The van der Waals surface area contributed by atoms with Gasteiger partial charge in [-0.25, -0.2) is 4.98 Å². The van der Waals surface area contributed by atoms with Crippen LogP contribution in [0.25, 0.3) is 16.7 Å². The molecule has 0 saturated carbocycles. The average molecular weight is 353 g/mol. The van der Waals surface area contributed by atoms with Crippen molar-refractivity contribution in [1.82, 2.24) is 19.3 Å². The van der Waals surface area contributed by atoms with Gasteiger partial charge < -0.3 is 14.6 Å². The van der Waals surface area contributed by atoms with Crippen LogP contribution < -0.4 is 16.4 Å². The molecule has 26 heavy (non-hydrogen) atoms. The van der Waals surface area contributed by atoms with Crippen LogP contribution in [-0.4, -0.2) is 39.1 Å². The lowest BCUT2D eigenvalue weighted by molar-refractivity contribution is 0.0856. The van der Waals surface area contributed by atoms with E-state index in [2.05, 4.69) is 10.3 Å². The van der Waals surface area contributed by atoms with Gasteiger partial charge in [0.05, 0.1) is 17.1 Å². The van der Waals surface area contributed by atoms with E-state index in [1.54, 1.807) is 31.4 Å². The average Bonchev–Trinajstić information content (AvgIpc) is 3.17. The number of hydrogen-bond donors (Lipinski definition) is 2. The summed E-state index contributed by atoms with van der Waals surface area (Å²) in [7, 11) is 1.63. The molecular weight excluding hydrogens is 334 g/mol. The van der Waals surface area contributed by atoms with E-state index in [9.17, 15) is 9.59 Å². The van der Waals surface area contributed by atoms with E-state index in [1.807, 2.05) is 0 Å². The summed E-state index contributed by atoms with van der Waals surface area (Å²) in [5, 5.41) is 11.4. The Bertz CT molecular complexity index is 1130. The molecule has 0 aliphatic carbocycles. The van der Waals surface area contributed by atoms with Gasteiger partial charge >= 0.3 is 0 Å². The Balaban J connectivity index is 1.80. The minimum absolute atomic E-state index is 0.00882. The number of hydrogen-bond acceptors (Lipinski definition) is 5. The topological polar surface area (TPSA) is 101 Å². The number of amides is 1. The van der Waals surface area contributed by atoms with Crippen LogP contribution in [0.15, 0.2) is 35.3 Å². The zero-order valence-corrected chi connectivity index (χ0v) is 14.4. The third-order valence-corrected chi connectivity index (χ3v) is 4.70. The van der Waals surface area contributed by atoms with Crippen molar-refractivity contribution in [2.45, 2.75) is 18.9 Å². The molecule has 0 radical (unpaired) electrons. The first kappa shape index (κ1) is 16.5. The van der Waals surface area contributed by atoms with E-state index >= 15 is 0 Å². The number of carbonyl (C=O) groups excluding carboxylic acids is 1. The molecule has 2 N–H and O–H groups in total. The Kier molecular flexibility index (Phi) is 4.04. The van der Waals surface area contributed by atoms with Gasteiger partial charge in [0.2, 0.25) is 0 Å². The van der Waals surface area contributed by atoms with Gasteiger partial charge in [-0.2, -0.15) is 0 Å². The maximum atomic E-state index is 12.8. The molecule has 4 rings (SSSR count). The highest BCUT2D eigenvalue weighted by atomic mass is 16.5. The predicted molar refractivity (Wildman–Crippen MR) is 95.1 cm³/mol. The SMILES string of the molecule is Cn1c(=N)c(C(=O)NC[C@H]2CCCO2)cc2c(=O)n3ccccc3nc21. The van der Waals surface area contributed by atoms with Crippen LogP contribution in [0.2, 0.25) is 0 Å². The number of aromatic nitrogens is 3. The summed E-state index contributed by atoms with van der Waals surface area (Å²) >= 11 is 0. The van der Waals surface area contributed by atoms with Crippen LogP contribution in [0.4, 0.5) is 0 Å². The summed E-state index contributed by atoms with van der Waals surface area (Å²) in [6.45, 7) is 1.11. The molecule has 134 valence electrons. The van der Waals surface area contributed by atoms with Gasteiger partial charge in [-0.1, -0.05) is 6.07 Å². The van der Waals surface area contributed by atoms with Gasteiger partial charge in [-0.3, -0.25) is 19.4 Å². The molecule has 1 saturated heterocycles. The summed E-state index contributed by atoms with van der Waals surface area (Å²) in [5.74, 6) is -0.388. The molecule has 0 spiro atoms. The molecule has 0 unspecified atom stereocenters. The molecule has 1 aliphatic heterocycles. The lowest BCUT2D eigenvalue weighted by Crippen LogP contribution is -2.37. The van der Waals surface area contributed by atoms with Crippen molar-refractivity contribution in [2.75, 3.05) is 13.2 Å². The first-order valence-electron chi connectivity index (χ1n) is 8.52. The van der Waals surface area contributed by atoms with Crippen LogP contribution in [0.3, 0.4) is 0 Å². The fourth-order valence-electron chi connectivity index (χ4n) is 3.25. The molecule has 1 aliphatic rings. The Hall–Kier alpha value is -3.00. The fraction of sp³-hybridized carbons (Fsp3) is 0.333. The van der Waals surface area contributed by atoms with Crippen molar-refractivity contribution >= 4 is 22.6 Å². The zero-order valence-electron chi connectivity index (χ0n) is 14.4. The lowest BCUT2D eigenvalue weighted by atomic mass is 10.2. The standard InChI is InChI=1S/C18H19N5O3/c1-22-15(19)12(17(24)20-10-11-5-4-8-26-11)9-13-16(22)21-14-6-2-3-7-23(14)18(13)25/h2-3,6-7,9,11,19H,4-5,8,10H2,1H3,(H,20,24)/t11-/m1/s1. The third-order valence-electron chi connectivity index (χ3n) is 4.70. The minimum atomic E-state index is -0.388. The van der Waals surface area contributed by atoms with E-state index in [0.717, 1.165) is 12.8 Å². The maximum absolute atomic E-state index is 12.8. The van der Waals surface area contributed by atoms with Gasteiger partial charge in [0.15, 0.2) is 0 Å². The monoisotopic (exact) mass is 353 g/mol. The first-order valence-corrected chi connectivity index (χ1v) is 8.52. The Morgan fingerprint density at radius 1 is 1.46 bits per heavy atom. The predicted octanol–water partition coefficient (Wildman–Crippen LogP) is 0.574. The molecule has 8 nitrogen and oxygen atoms in total. The molecule has 3 aromatic heterocycles. The summed E-state index contributed by atoms with van der Waals surface area (Å²) in [6, 6.07) is 6.72. The third kappa shape index (κ3) is 2.68. The summed E-state index contributed by atoms with van der Waals surface area (Å²) in [6.07, 6.45) is 3.55. The van der Waals surface area contributed by atoms with Crippen LogP contribution >= 0.6 is 0 Å². The normalized spacial score (nSPS) is 17.0. The van der Waals surface area contributed by atoms with E-state index in [1.165, 1.54) is 15.0 Å². The number of aryl methyl sites for hydroxylation is 1. The number of pyridine rings is 2. The number of ether oxygens (including phenoxy) is 1. The van der Waals surface area contributed by atoms with Crippen molar-refractivity contribution in [3.8, 4) is 0 Å². The first-order chi connectivity index (χ1) is 12.6. The highest BCUT2D eigenvalue weighted by Gasteiger charge is 2.19. The van der Waals surface area contributed by atoms with Gasteiger partial charge in [-0.15, -0.1) is 0 Å². The van der Waals surface area contributed by atoms with Crippen molar-refractivity contribution < 1.29 is 9.53 Å². The summed E-state index contributed by atoms with van der Waals surface area (Å²) < 4.78 is 8.39. The number of rotatable bonds is 3. The molecule has 1 fully saturated rings. The van der Waals surface area contributed by atoms with E-state index < -0.39 is 0 Å². The molecule has 1 atom stereocenters. The second-order valence-electron chi connectivity index (χ2n) is 6.39. The number of nitrogens with one attached hydrogen (secondary N) is 2. The van der Waals surface area contributed by atoms with Crippen molar-refractivity contribution in [3.05, 3.63) is 51.9 Å². The molecule has 0 bridgehead atoms. The molecule has 3 aromatic rings. The molecule has 4 heterocycles. The molecule has 1 amide bonds. The van der Waals surface area contributed by atoms with Crippen molar-refractivity contribution in [2.24, 2.45) is 7.05 Å². The van der Waals surface area contributed by atoms with E-state index in [0.29, 0.717) is 29.8 Å². The van der Waals surface area contributed by atoms with E-state index in [-0.39, 0.29) is 28.6 Å². The largest absolute Gasteiger partial charge is 0.376 e. The Labute approximate surface area is 148 Å². The van der Waals surface area contributed by atoms with Crippen LogP contribution in [0.5, 0.6) is 0 Å². The highest BCUT2D eigenvalue weighted by Crippen LogP contribution is 2.12. The van der Waals surface area contributed by atoms with Gasteiger partial charge in [0.25, 0.3) is 11.5 Å². The maximum Gasteiger partial charge on any atom is 0.267 e. The summed E-state index contributed by atoms with van der Waals surface area (Å²) in [5.41, 5.74) is 0.758. The van der Waals surface area contributed by atoms with Crippen LogP contribution in [0.1, 0.15) is 23.2 Å². The number of carbonyl (C=O) groups is 1. The molecule has 8 heteroatoms. The quantitative estimate of drug-likeness (QED) is 0.672. The number of fused-ring (bicyclic) bond motifs is 2. The second-order valence-corrected chi connectivity index (χ2v) is 6.39. The van der Waals surface area contributed by atoms with Crippen molar-refractivity contribution in [1.29, 1.82) is 5.41 Å².